The van der Waals surface area contributed by atoms with Crippen molar-refractivity contribution in [1.29, 1.82) is 0 Å². The highest BCUT2D eigenvalue weighted by atomic mass is 16.5. The van der Waals surface area contributed by atoms with E-state index < -0.39 is 0 Å². The molecule has 2 rings (SSSR count). The molecule has 1 aromatic rings. The van der Waals surface area contributed by atoms with Crippen LogP contribution >= 0.6 is 0 Å². The van der Waals surface area contributed by atoms with Crippen molar-refractivity contribution < 1.29 is 9.47 Å². The average Bonchev–Trinajstić information content (AvgIpc) is 2.81. The van der Waals surface area contributed by atoms with Crippen LogP contribution in [-0.4, -0.2) is 55.3 Å². The summed E-state index contributed by atoms with van der Waals surface area (Å²) < 4.78 is 10.2. The van der Waals surface area contributed by atoms with Gasteiger partial charge in [0.05, 0.1) is 20.3 Å². The lowest BCUT2D eigenvalue weighted by Gasteiger charge is -2.19. The van der Waals surface area contributed by atoms with Crippen LogP contribution in [0, 0.1) is 0 Å². The Morgan fingerprint density at radius 3 is 2.50 bits per heavy atom. The zero-order valence-corrected chi connectivity index (χ0v) is 11.1. The summed E-state index contributed by atoms with van der Waals surface area (Å²) in [6, 6.07) is 2.21. The first-order valence-corrected chi connectivity index (χ1v) is 6.14. The molecule has 18 heavy (non-hydrogen) atoms. The van der Waals surface area contributed by atoms with Crippen LogP contribution < -0.4 is 14.8 Å². The fourth-order valence-electron chi connectivity index (χ4n) is 2.14. The summed E-state index contributed by atoms with van der Waals surface area (Å²) in [5, 5.41) is 3.24. The predicted octanol–water partition coefficient (Wildman–Crippen LogP) is 1.000. The molecule has 0 amide bonds. The second kappa shape index (κ2) is 5.86. The number of nitrogens with one attached hydrogen (secondary N) is 1. The van der Waals surface area contributed by atoms with Crippen LogP contribution in [0.15, 0.2) is 6.07 Å². The Bertz CT molecular complexity index is 377. The lowest BCUT2D eigenvalue weighted by atomic mass is 10.2. The van der Waals surface area contributed by atoms with Crippen molar-refractivity contribution in [3.63, 3.8) is 0 Å². The third-order valence-electron chi connectivity index (χ3n) is 3.26. The molecule has 1 N–H and O–H groups in total. The number of likely N-dealkylation sites (N-methyl/N-ethyl adjacent to an activating group) is 1. The van der Waals surface area contributed by atoms with Crippen molar-refractivity contribution in [1.82, 2.24) is 14.9 Å². The molecule has 0 radical (unpaired) electrons. The molecule has 0 aromatic carbocycles. The predicted molar refractivity (Wildman–Crippen MR) is 69.3 cm³/mol. The van der Waals surface area contributed by atoms with Gasteiger partial charge in [-0.15, -0.1) is 0 Å². The van der Waals surface area contributed by atoms with Gasteiger partial charge >= 0.3 is 0 Å². The maximum atomic E-state index is 5.11. The minimum atomic E-state index is 0.504. The number of hydrogen-bond donors (Lipinski definition) is 1. The van der Waals surface area contributed by atoms with Crippen molar-refractivity contribution in [3.8, 4) is 11.8 Å². The Morgan fingerprint density at radius 1 is 1.33 bits per heavy atom. The maximum absolute atomic E-state index is 5.11. The number of methoxy groups -OCH3 is 2. The summed E-state index contributed by atoms with van der Waals surface area (Å²) in [6.07, 6.45) is 2.47. The monoisotopic (exact) mass is 252 g/mol. The Kier molecular flexibility index (Phi) is 4.19. The first-order chi connectivity index (χ1) is 8.72. The molecule has 0 saturated carbocycles. The first kappa shape index (κ1) is 12.9. The highest BCUT2D eigenvalue weighted by molar-refractivity contribution is 5.33. The fourth-order valence-corrected chi connectivity index (χ4v) is 2.14. The number of nitrogens with zero attached hydrogens (tertiary/aromatic N) is 3. The number of likely N-dealkylation sites (tertiary alicyclic amines) is 1. The van der Waals surface area contributed by atoms with Crippen molar-refractivity contribution in [3.05, 3.63) is 6.07 Å². The van der Waals surface area contributed by atoms with E-state index in [9.17, 15) is 0 Å². The van der Waals surface area contributed by atoms with Gasteiger partial charge in [-0.05, 0) is 26.4 Å². The largest absolute Gasteiger partial charge is 0.481 e. The number of anilines is 1. The standard InChI is InChI=1S/C12H20N4O2/c1-16-6-4-5-9(16)8-13-12-14-10(17-2)7-11(15-12)18-3/h7,9H,4-6,8H2,1-3H3,(H,13,14,15). The number of rotatable bonds is 5. The zero-order valence-electron chi connectivity index (χ0n) is 11.1. The zero-order chi connectivity index (χ0) is 13.0. The van der Waals surface area contributed by atoms with E-state index in [1.165, 1.54) is 12.8 Å². The molecule has 1 aliphatic rings. The van der Waals surface area contributed by atoms with Gasteiger partial charge in [-0.25, -0.2) is 0 Å². The first-order valence-electron chi connectivity index (χ1n) is 6.14. The van der Waals surface area contributed by atoms with Gasteiger partial charge in [0, 0.05) is 12.6 Å². The molecule has 0 spiro atoms. The van der Waals surface area contributed by atoms with Crippen LogP contribution in [0.5, 0.6) is 11.8 Å². The molecule has 1 saturated heterocycles. The summed E-state index contributed by atoms with van der Waals surface area (Å²) in [5.41, 5.74) is 0. The quantitative estimate of drug-likeness (QED) is 0.843. The van der Waals surface area contributed by atoms with Gasteiger partial charge in [0.1, 0.15) is 0 Å². The van der Waals surface area contributed by atoms with Gasteiger partial charge in [-0.3, -0.25) is 0 Å². The second-order valence-corrected chi connectivity index (χ2v) is 4.43. The van der Waals surface area contributed by atoms with Crippen LogP contribution in [0.1, 0.15) is 12.8 Å². The molecule has 6 heteroatoms. The fraction of sp³-hybridized carbons (Fsp3) is 0.667. The summed E-state index contributed by atoms with van der Waals surface area (Å²) in [6.45, 7) is 2.00. The molecule has 6 nitrogen and oxygen atoms in total. The van der Waals surface area contributed by atoms with Crippen LogP contribution in [0.25, 0.3) is 0 Å². The molecular weight excluding hydrogens is 232 g/mol. The summed E-state index contributed by atoms with van der Waals surface area (Å²) in [5.74, 6) is 1.56. The van der Waals surface area contributed by atoms with Gasteiger partial charge in [0.15, 0.2) is 0 Å². The van der Waals surface area contributed by atoms with Crippen molar-refractivity contribution in [2.45, 2.75) is 18.9 Å². The number of aromatic nitrogens is 2. The normalized spacial score (nSPS) is 19.8. The SMILES string of the molecule is COc1cc(OC)nc(NCC2CCCN2C)n1. The van der Waals surface area contributed by atoms with Crippen LogP contribution in [0.3, 0.4) is 0 Å². The Hall–Kier alpha value is -1.56. The topological polar surface area (TPSA) is 59.5 Å². The summed E-state index contributed by atoms with van der Waals surface area (Å²) >= 11 is 0. The lowest BCUT2D eigenvalue weighted by Crippen LogP contribution is -2.31. The van der Waals surface area contributed by atoms with E-state index in [4.69, 9.17) is 9.47 Å². The maximum Gasteiger partial charge on any atom is 0.229 e. The highest BCUT2D eigenvalue weighted by Crippen LogP contribution is 2.19. The lowest BCUT2D eigenvalue weighted by molar-refractivity contribution is 0.321. The Morgan fingerprint density at radius 2 is 2.00 bits per heavy atom. The molecule has 0 bridgehead atoms. The van der Waals surface area contributed by atoms with E-state index in [0.717, 1.165) is 13.1 Å². The molecule has 100 valence electrons. The van der Waals surface area contributed by atoms with Gasteiger partial charge in [0.25, 0.3) is 0 Å². The molecule has 2 heterocycles. The van der Waals surface area contributed by atoms with Gasteiger partial charge in [0.2, 0.25) is 17.7 Å². The van der Waals surface area contributed by atoms with Crippen LogP contribution in [0.4, 0.5) is 5.95 Å². The van der Waals surface area contributed by atoms with Gasteiger partial charge in [-0.1, -0.05) is 0 Å². The molecule has 1 fully saturated rings. The molecule has 1 atom stereocenters. The second-order valence-electron chi connectivity index (χ2n) is 4.43. The van der Waals surface area contributed by atoms with E-state index in [1.807, 2.05) is 0 Å². The van der Waals surface area contributed by atoms with Crippen LogP contribution in [0.2, 0.25) is 0 Å². The molecule has 1 unspecified atom stereocenters. The van der Waals surface area contributed by atoms with Crippen molar-refractivity contribution >= 4 is 5.95 Å². The van der Waals surface area contributed by atoms with E-state index in [-0.39, 0.29) is 0 Å². The highest BCUT2D eigenvalue weighted by Gasteiger charge is 2.20. The molecular formula is C12H20N4O2. The summed E-state index contributed by atoms with van der Waals surface area (Å²) in [4.78, 5) is 10.8. The van der Waals surface area contributed by atoms with E-state index in [2.05, 4.69) is 27.2 Å². The Labute approximate surface area is 107 Å². The van der Waals surface area contributed by atoms with Crippen molar-refractivity contribution in [2.75, 3.05) is 39.7 Å². The van der Waals surface area contributed by atoms with Gasteiger partial charge < -0.3 is 19.7 Å². The van der Waals surface area contributed by atoms with Crippen molar-refractivity contribution in [2.24, 2.45) is 0 Å². The van der Waals surface area contributed by atoms with E-state index in [1.54, 1.807) is 20.3 Å². The third-order valence-corrected chi connectivity index (χ3v) is 3.26. The smallest absolute Gasteiger partial charge is 0.229 e. The van der Waals surface area contributed by atoms with E-state index >= 15 is 0 Å². The average molecular weight is 252 g/mol. The minimum Gasteiger partial charge on any atom is -0.481 e. The Balaban J connectivity index is 1.99. The molecule has 1 aromatic heterocycles. The molecule has 1 aliphatic heterocycles. The molecule has 0 aliphatic carbocycles. The number of ether oxygens (including phenoxy) is 2. The van der Waals surface area contributed by atoms with Crippen LogP contribution in [-0.2, 0) is 0 Å². The van der Waals surface area contributed by atoms with E-state index in [0.29, 0.717) is 23.8 Å². The minimum absolute atomic E-state index is 0.504. The van der Waals surface area contributed by atoms with Gasteiger partial charge in [-0.2, -0.15) is 9.97 Å². The summed E-state index contributed by atoms with van der Waals surface area (Å²) in [7, 11) is 5.30. The number of hydrogen-bond acceptors (Lipinski definition) is 6. The third kappa shape index (κ3) is 3.01.